The molecule has 0 aliphatic rings. The van der Waals surface area contributed by atoms with Crippen LogP contribution in [-0.4, -0.2) is 20.7 Å². The van der Waals surface area contributed by atoms with Crippen molar-refractivity contribution in [3.63, 3.8) is 0 Å². The van der Waals surface area contributed by atoms with Crippen LogP contribution in [0.4, 0.5) is 16.5 Å². The molecule has 0 fully saturated rings. The lowest BCUT2D eigenvalue weighted by atomic mass is 10.1. The molecule has 9 nitrogen and oxygen atoms in total. The van der Waals surface area contributed by atoms with Gasteiger partial charge in [-0.15, -0.1) is 22.7 Å². The predicted octanol–water partition coefficient (Wildman–Crippen LogP) is 3.94. The Balaban J connectivity index is 1.86. The van der Waals surface area contributed by atoms with Gasteiger partial charge < -0.3 is 0 Å². The Kier molecular flexibility index (Phi) is 4.50. The highest BCUT2D eigenvalue weighted by Gasteiger charge is 2.24. The molecule has 3 aromatic rings. The quantitative estimate of drug-likeness (QED) is 0.530. The number of non-ortho nitro benzene ring substituents is 1. The van der Waals surface area contributed by atoms with Crippen LogP contribution in [0.15, 0.2) is 41.1 Å². The van der Waals surface area contributed by atoms with Crippen molar-refractivity contribution in [1.29, 1.82) is 0 Å². The van der Waals surface area contributed by atoms with Crippen LogP contribution in [0.1, 0.15) is 10.4 Å². The minimum atomic E-state index is -0.832. The Bertz CT molecular complexity index is 968. The number of carbonyl (C=O) groups is 1. The Morgan fingerprint density at radius 2 is 1.92 bits per heavy atom. The van der Waals surface area contributed by atoms with E-state index in [4.69, 9.17) is 0 Å². The van der Waals surface area contributed by atoms with Crippen molar-refractivity contribution in [2.45, 2.75) is 0 Å². The van der Waals surface area contributed by atoms with Crippen LogP contribution in [0.2, 0.25) is 0 Å². The number of nitro benzene ring substituents is 2. The third kappa shape index (κ3) is 3.51. The number of nitro groups is 2. The molecule has 0 radical (unpaired) electrons. The predicted molar refractivity (Wildman–Crippen MR) is 93.1 cm³/mol. The van der Waals surface area contributed by atoms with Crippen LogP contribution in [0.5, 0.6) is 0 Å². The molecule has 0 atom stereocenters. The van der Waals surface area contributed by atoms with Crippen LogP contribution >= 0.6 is 22.7 Å². The minimum Gasteiger partial charge on any atom is -0.298 e. The molecule has 25 heavy (non-hydrogen) atoms. The van der Waals surface area contributed by atoms with Crippen molar-refractivity contribution in [3.05, 3.63) is 66.9 Å². The summed E-state index contributed by atoms with van der Waals surface area (Å²) in [5.41, 5.74) is -0.684. The first-order valence-corrected chi connectivity index (χ1v) is 8.45. The lowest BCUT2D eigenvalue weighted by Crippen LogP contribution is -2.14. The molecule has 0 bridgehead atoms. The van der Waals surface area contributed by atoms with Gasteiger partial charge in [0.1, 0.15) is 5.56 Å². The average Bonchev–Trinajstić information content (AvgIpc) is 3.25. The molecular weight excluding hydrogens is 368 g/mol. The molecule has 0 saturated carbocycles. The summed E-state index contributed by atoms with van der Waals surface area (Å²) in [5, 5.41) is 28.3. The van der Waals surface area contributed by atoms with Crippen molar-refractivity contribution < 1.29 is 14.6 Å². The molecule has 2 aromatic heterocycles. The number of thiophene rings is 1. The Labute approximate surface area is 147 Å². The number of anilines is 1. The maximum absolute atomic E-state index is 12.3. The zero-order chi connectivity index (χ0) is 18.0. The third-order valence-electron chi connectivity index (χ3n) is 3.13. The molecule has 1 amide bonds. The number of hydrogen-bond donors (Lipinski definition) is 1. The van der Waals surface area contributed by atoms with E-state index in [1.54, 1.807) is 5.38 Å². The van der Waals surface area contributed by atoms with Crippen LogP contribution < -0.4 is 5.32 Å². The van der Waals surface area contributed by atoms with E-state index in [-0.39, 0.29) is 10.7 Å². The van der Waals surface area contributed by atoms with Gasteiger partial charge in [-0.1, -0.05) is 6.07 Å². The van der Waals surface area contributed by atoms with E-state index in [1.807, 2.05) is 17.5 Å². The summed E-state index contributed by atoms with van der Waals surface area (Å²) in [5.74, 6) is -0.756. The maximum Gasteiger partial charge on any atom is 0.289 e. The fraction of sp³-hybridized carbons (Fsp3) is 0. The number of aromatic nitrogens is 1. The number of amides is 1. The molecule has 3 rings (SSSR count). The Morgan fingerprint density at radius 1 is 1.12 bits per heavy atom. The van der Waals surface area contributed by atoms with E-state index >= 15 is 0 Å². The van der Waals surface area contributed by atoms with Crippen molar-refractivity contribution in [2.75, 3.05) is 5.32 Å². The first kappa shape index (κ1) is 16.7. The smallest absolute Gasteiger partial charge is 0.289 e. The van der Waals surface area contributed by atoms with Crippen LogP contribution in [-0.2, 0) is 0 Å². The summed E-state index contributed by atoms with van der Waals surface area (Å²) < 4.78 is 0. The number of carbonyl (C=O) groups excluding carboxylic acids is 1. The highest BCUT2D eigenvalue weighted by atomic mass is 32.1. The summed E-state index contributed by atoms with van der Waals surface area (Å²) in [4.78, 5) is 37.7. The second kappa shape index (κ2) is 6.75. The van der Waals surface area contributed by atoms with Crippen LogP contribution in [0, 0.1) is 20.2 Å². The second-order valence-electron chi connectivity index (χ2n) is 4.68. The highest BCUT2D eigenvalue weighted by molar-refractivity contribution is 7.16. The number of hydrogen-bond acceptors (Lipinski definition) is 8. The Morgan fingerprint density at radius 3 is 2.56 bits per heavy atom. The van der Waals surface area contributed by atoms with E-state index in [2.05, 4.69) is 10.3 Å². The summed E-state index contributed by atoms with van der Waals surface area (Å²) in [6.45, 7) is 0. The number of benzene rings is 1. The van der Waals surface area contributed by atoms with Crippen LogP contribution in [0.25, 0.3) is 10.6 Å². The van der Waals surface area contributed by atoms with Crippen molar-refractivity contribution >= 4 is 45.1 Å². The molecule has 0 aliphatic carbocycles. The van der Waals surface area contributed by atoms with E-state index in [9.17, 15) is 25.0 Å². The molecule has 1 N–H and O–H groups in total. The molecule has 0 unspecified atom stereocenters. The van der Waals surface area contributed by atoms with Gasteiger partial charge in [-0.05, 0) is 17.5 Å². The van der Waals surface area contributed by atoms with Gasteiger partial charge in [-0.3, -0.25) is 30.3 Å². The molecule has 0 spiro atoms. The molecule has 11 heteroatoms. The topological polar surface area (TPSA) is 128 Å². The van der Waals surface area contributed by atoms with E-state index in [1.165, 1.54) is 22.7 Å². The molecule has 0 saturated heterocycles. The lowest BCUT2D eigenvalue weighted by molar-refractivity contribution is -0.394. The number of nitrogens with one attached hydrogen (secondary N) is 1. The highest BCUT2D eigenvalue weighted by Crippen LogP contribution is 2.30. The largest absolute Gasteiger partial charge is 0.298 e. The standard InChI is InChI=1S/C14H8N4O5S2/c19-13(9-4-3-8(17(20)21)6-11(9)18(22)23)16-14-15-10(7-25-14)12-2-1-5-24-12/h1-7H,(H,15,16,19). The number of thiazole rings is 1. The normalized spacial score (nSPS) is 10.4. The second-order valence-corrected chi connectivity index (χ2v) is 6.49. The summed E-state index contributed by atoms with van der Waals surface area (Å²) in [6.07, 6.45) is 0. The number of nitrogens with zero attached hydrogens (tertiary/aromatic N) is 3. The van der Waals surface area contributed by atoms with E-state index < -0.39 is 27.1 Å². The fourth-order valence-electron chi connectivity index (χ4n) is 2.01. The molecule has 0 aliphatic heterocycles. The van der Waals surface area contributed by atoms with Gasteiger partial charge in [0.15, 0.2) is 5.13 Å². The zero-order valence-corrected chi connectivity index (χ0v) is 13.9. The summed E-state index contributed by atoms with van der Waals surface area (Å²) >= 11 is 2.67. The van der Waals surface area contributed by atoms with Gasteiger partial charge in [-0.25, -0.2) is 4.98 Å². The monoisotopic (exact) mass is 376 g/mol. The van der Waals surface area contributed by atoms with Gasteiger partial charge in [0.2, 0.25) is 0 Å². The van der Waals surface area contributed by atoms with Gasteiger partial charge in [-0.2, -0.15) is 0 Å². The Hall–Kier alpha value is -3.18. The zero-order valence-electron chi connectivity index (χ0n) is 12.2. The van der Waals surface area contributed by atoms with Gasteiger partial charge >= 0.3 is 0 Å². The van der Waals surface area contributed by atoms with Gasteiger partial charge in [0.25, 0.3) is 17.3 Å². The van der Waals surface area contributed by atoms with E-state index in [0.717, 1.165) is 23.1 Å². The molecule has 1 aromatic carbocycles. The van der Waals surface area contributed by atoms with Crippen molar-refractivity contribution in [3.8, 4) is 10.6 Å². The first-order valence-electron chi connectivity index (χ1n) is 6.69. The minimum absolute atomic E-state index is 0.275. The molecule has 2 heterocycles. The third-order valence-corrected chi connectivity index (χ3v) is 4.78. The summed E-state index contributed by atoms with van der Waals surface area (Å²) in [6, 6.07) is 6.61. The fourth-order valence-corrected chi connectivity index (χ4v) is 3.48. The van der Waals surface area contributed by atoms with Gasteiger partial charge in [0.05, 0.1) is 26.5 Å². The first-order chi connectivity index (χ1) is 12.0. The van der Waals surface area contributed by atoms with E-state index in [0.29, 0.717) is 5.69 Å². The maximum atomic E-state index is 12.3. The average molecular weight is 376 g/mol. The molecular formula is C14H8N4O5S2. The van der Waals surface area contributed by atoms with Crippen LogP contribution in [0.3, 0.4) is 0 Å². The summed E-state index contributed by atoms with van der Waals surface area (Å²) in [7, 11) is 0. The number of rotatable bonds is 5. The SMILES string of the molecule is O=C(Nc1nc(-c2cccs2)cs1)c1ccc([N+](=O)[O-])cc1[N+](=O)[O-]. The lowest BCUT2D eigenvalue weighted by Gasteiger charge is -2.03. The van der Waals surface area contributed by atoms with Gasteiger partial charge in [0, 0.05) is 11.4 Å². The molecule has 126 valence electrons. The van der Waals surface area contributed by atoms with Crippen molar-refractivity contribution in [2.24, 2.45) is 0 Å². The van der Waals surface area contributed by atoms with Crippen molar-refractivity contribution in [1.82, 2.24) is 4.98 Å².